The van der Waals surface area contributed by atoms with Gasteiger partial charge in [-0.3, -0.25) is 0 Å². The molecule has 0 N–H and O–H groups in total. The predicted molar refractivity (Wildman–Crippen MR) is 67.2 cm³/mol. The smallest absolute Gasteiger partial charge is 0.145 e. The SMILES string of the molecule is N#Cc1ccccc1Oc1ccc(F)cc1CCl. The Bertz CT molecular complexity index is 607. The van der Waals surface area contributed by atoms with Crippen molar-refractivity contribution in [2.45, 2.75) is 5.88 Å². The Balaban J connectivity index is 2.37. The maximum absolute atomic E-state index is 13.1. The molecular formula is C14H9ClFNO. The first-order valence-electron chi connectivity index (χ1n) is 5.26. The molecule has 0 aliphatic carbocycles. The topological polar surface area (TPSA) is 33.0 Å². The number of hydrogen-bond acceptors (Lipinski definition) is 2. The first kappa shape index (κ1) is 12.4. The van der Waals surface area contributed by atoms with E-state index in [-0.39, 0.29) is 11.7 Å². The fourth-order valence-electron chi connectivity index (χ4n) is 1.52. The zero-order valence-electron chi connectivity index (χ0n) is 9.36. The van der Waals surface area contributed by atoms with Gasteiger partial charge in [0.15, 0.2) is 0 Å². The molecule has 18 heavy (non-hydrogen) atoms. The van der Waals surface area contributed by atoms with Crippen molar-refractivity contribution in [1.29, 1.82) is 5.26 Å². The average Bonchev–Trinajstić information content (AvgIpc) is 2.41. The number of hydrogen-bond donors (Lipinski definition) is 0. The summed E-state index contributed by atoms with van der Waals surface area (Å²) < 4.78 is 18.7. The Kier molecular flexibility index (Phi) is 3.81. The van der Waals surface area contributed by atoms with E-state index >= 15 is 0 Å². The molecule has 0 fully saturated rings. The number of nitrogens with zero attached hydrogens (tertiary/aromatic N) is 1. The highest BCUT2D eigenvalue weighted by Gasteiger charge is 2.08. The molecule has 0 atom stereocenters. The van der Waals surface area contributed by atoms with Gasteiger partial charge in [-0.05, 0) is 30.3 Å². The van der Waals surface area contributed by atoms with Crippen LogP contribution in [0.15, 0.2) is 42.5 Å². The van der Waals surface area contributed by atoms with Crippen LogP contribution in [0.4, 0.5) is 4.39 Å². The van der Waals surface area contributed by atoms with Gasteiger partial charge in [-0.25, -0.2) is 4.39 Å². The zero-order chi connectivity index (χ0) is 13.0. The molecule has 2 nitrogen and oxygen atoms in total. The lowest BCUT2D eigenvalue weighted by molar-refractivity contribution is 0.474. The van der Waals surface area contributed by atoms with Crippen LogP contribution in [0.2, 0.25) is 0 Å². The number of halogens is 2. The van der Waals surface area contributed by atoms with E-state index in [1.165, 1.54) is 18.2 Å². The Hall–Kier alpha value is -2.05. The van der Waals surface area contributed by atoms with Crippen LogP contribution in [0.25, 0.3) is 0 Å². The van der Waals surface area contributed by atoms with Crippen LogP contribution < -0.4 is 4.74 Å². The molecule has 0 aromatic heterocycles. The molecule has 4 heteroatoms. The summed E-state index contributed by atoms with van der Waals surface area (Å²) in [5.41, 5.74) is 0.965. The third-order valence-corrected chi connectivity index (χ3v) is 2.68. The third-order valence-electron chi connectivity index (χ3n) is 2.39. The number of alkyl halides is 1. The van der Waals surface area contributed by atoms with Crippen LogP contribution in [-0.4, -0.2) is 0 Å². The van der Waals surface area contributed by atoms with E-state index < -0.39 is 0 Å². The Morgan fingerprint density at radius 3 is 2.67 bits per heavy atom. The second-order valence-electron chi connectivity index (χ2n) is 3.60. The fraction of sp³-hybridized carbons (Fsp3) is 0.0714. The predicted octanol–water partition coefficient (Wildman–Crippen LogP) is 4.23. The summed E-state index contributed by atoms with van der Waals surface area (Å²) in [4.78, 5) is 0. The minimum absolute atomic E-state index is 0.141. The van der Waals surface area contributed by atoms with E-state index in [1.807, 2.05) is 6.07 Å². The molecule has 2 aromatic carbocycles. The highest BCUT2D eigenvalue weighted by Crippen LogP contribution is 2.29. The number of benzene rings is 2. The average molecular weight is 262 g/mol. The monoisotopic (exact) mass is 261 g/mol. The van der Waals surface area contributed by atoms with Crippen LogP contribution in [0.1, 0.15) is 11.1 Å². The highest BCUT2D eigenvalue weighted by atomic mass is 35.5. The molecule has 0 aliphatic rings. The molecule has 0 saturated carbocycles. The normalized spacial score (nSPS) is 9.83. The van der Waals surface area contributed by atoms with Crippen molar-refractivity contribution in [3.8, 4) is 17.6 Å². The molecule has 0 radical (unpaired) electrons. The van der Waals surface area contributed by atoms with Gasteiger partial charge < -0.3 is 4.74 Å². The molecule has 2 rings (SSSR count). The summed E-state index contributed by atoms with van der Waals surface area (Å²) in [6.45, 7) is 0. The molecule has 90 valence electrons. The van der Waals surface area contributed by atoms with E-state index in [1.54, 1.807) is 24.3 Å². The summed E-state index contributed by atoms with van der Waals surface area (Å²) in [6.07, 6.45) is 0. The number of para-hydroxylation sites is 1. The van der Waals surface area contributed by atoms with Crippen molar-refractivity contribution < 1.29 is 9.13 Å². The summed E-state index contributed by atoms with van der Waals surface area (Å²) in [5.74, 6) is 0.653. The number of rotatable bonds is 3. The van der Waals surface area contributed by atoms with Gasteiger partial charge >= 0.3 is 0 Å². The van der Waals surface area contributed by atoms with Crippen molar-refractivity contribution in [2.24, 2.45) is 0 Å². The van der Waals surface area contributed by atoms with Gasteiger partial charge in [0.1, 0.15) is 23.4 Å². The maximum Gasteiger partial charge on any atom is 0.145 e. The Morgan fingerprint density at radius 2 is 1.94 bits per heavy atom. The van der Waals surface area contributed by atoms with Gasteiger partial charge in [0.2, 0.25) is 0 Å². The van der Waals surface area contributed by atoms with Crippen molar-refractivity contribution in [3.05, 3.63) is 59.4 Å². The summed E-state index contributed by atoms with van der Waals surface area (Å²) in [7, 11) is 0. The Morgan fingerprint density at radius 1 is 1.17 bits per heavy atom. The van der Waals surface area contributed by atoms with Crippen LogP contribution in [0.5, 0.6) is 11.5 Å². The maximum atomic E-state index is 13.1. The summed E-state index contributed by atoms with van der Waals surface area (Å²) >= 11 is 5.73. The molecular weight excluding hydrogens is 253 g/mol. The molecule has 0 spiro atoms. The van der Waals surface area contributed by atoms with Gasteiger partial charge in [0.25, 0.3) is 0 Å². The lowest BCUT2D eigenvalue weighted by atomic mass is 10.2. The summed E-state index contributed by atoms with van der Waals surface area (Å²) in [6, 6.07) is 13.0. The zero-order valence-corrected chi connectivity index (χ0v) is 10.1. The van der Waals surface area contributed by atoms with Crippen molar-refractivity contribution >= 4 is 11.6 Å². The second kappa shape index (κ2) is 5.52. The van der Waals surface area contributed by atoms with E-state index in [2.05, 4.69) is 0 Å². The molecule has 0 saturated heterocycles. The van der Waals surface area contributed by atoms with Gasteiger partial charge in [-0.2, -0.15) is 5.26 Å². The fourth-order valence-corrected chi connectivity index (χ4v) is 1.73. The standard InChI is InChI=1S/C14H9ClFNO/c15-8-11-7-12(16)5-6-14(11)18-13-4-2-1-3-10(13)9-17/h1-7H,8H2. The lowest BCUT2D eigenvalue weighted by Gasteiger charge is -2.10. The van der Waals surface area contributed by atoms with Gasteiger partial charge in [-0.1, -0.05) is 12.1 Å². The summed E-state index contributed by atoms with van der Waals surface area (Å²) in [5, 5.41) is 8.95. The van der Waals surface area contributed by atoms with Crippen LogP contribution in [0.3, 0.4) is 0 Å². The molecule has 0 aliphatic heterocycles. The van der Waals surface area contributed by atoms with E-state index in [0.29, 0.717) is 22.6 Å². The third kappa shape index (κ3) is 2.61. The van der Waals surface area contributed by atoms with Crippen LogP contribution >= 0.6 is 11.6 Å². The minimum Gasteiger partial charge on any atom is -0.456 e. The van der Waals surface area contributed by atoms with Crippen molar-refractivity contribution in [1.82, 2.24) is 0 Å². The highest BCUT2D eigenvalue weighted by molar-refractivity contribution is 6.17. The molecule has 2 aromatic rings. The van der Waals surface area contributed by atoms with Gasteiger partial charge in [0.05, 0.1) is 11.4 Å². The molecule has 0 heterocycles. The van der Waals surface area contributed by atoms with Gasteiger partial charge in [0, 0.05) is 5.56 Å². The van der Waals surface area contributed by atoms with E-state index in [9.17, 15) is 4.39 Å². The van der Waals surface area contributed by atoms with Gasteiger partial charge in [-0.15, -0.1) is 11.6 Å². The van der Waals surface area contributed by atoms with Crippen molar-refractivity contribution in [2.75, 3.05) is 0 Å². The second-order valence-corrected chi connectivity index (χ2v) is 3.86. The largest absolute Gasteiger partial charge is 0.456 e. The van der Waals surface area contributed by atoms with Crippen LogP contribution in [-0.2, 0) is 5.88 Å². The van der Waals surface area contributed by atoms with E-state index in [4.69, 9.17) is 21.6 Å². The molecule has 0 amide bonds. The first-order chi connectivity index (χ1) is 8.74. The minimum atomic E-state index is -0.369. The lowest BCUT2D eigenvalue weighted by Crippen LogP contribution is -1.92. The first-order valence-corrected chi connectivity index (χ1v) is 5.79. The van der Waals surface area contributed by atoms with Crippen LogP contribution in [0, 0.1) is 17.1 Å². The van der Waals surface area contributed by atoms with Crippen molar-refractivity contribution in [3.63, 3.8) is 0 Å². The Labute approximate surface area is 109 Å². The molecule has 0 bridgehead atoms. The number of nitriles is 1. The quantitative estimate of drug-likeness (QED) is 0.775. The number of ether oxygens (including phenoxy) is 1. The molecule has 0 unspecified atom stereocenters. The van der Waals surface area contributed by atoms with E-state index in [0.717, 1.165) is 0 Å².